The first-order chi connectivity index (χ1) is 8.56. The first-order valence-electron chi connectivity index (χ1n) is 6.36. The van der Waals surface area contributed by atoms with E-state index in [2.05, 4.69) is 66.1 Å². The van der Waals surface area contributed by atoms with E-state index in [1.165, 1.54) is 9.13 Å². The van der Waals surface area contributed by atoms with Gasteiger partial charge in [0.05, 0.1) is 6.54 Å². The molecule has 0 spiro atoms. The van der Waals surface area contributed by atoms with Crippen LogP contribution in [-0.4, -0.2) is 18.5 Å². The first kappa shape index (κ1) is 15.3. The third kappa shape index (κ3) is 4.84. The van der Waals surface area contributed by atoms with Crippen LogP contribution in [0.4, 0.5) is 5.69 Å². The molecule has 0 bridgehead atoms. The molecule has 1 aromatic carbocycles. The number of aryl methyl sites for hydroxylation is 1. The fraction of sp³-hybridized carbons (Fsp3) is 0.500. The largest absolute Gasteiger partial charge is 0.376 e. The minimum Gasteiger partial charge on any atom is -0.376 e. The van der Waals surface area contributed by atoms with Crippen molar-refractivity contribution in [3.8, 4) is 0 Å². The van der Waals surface area contributed by atoms with Crippen LogP contribution < -0.4 is 10.6 Å². The summed E-state index contributed by atoms with van der Waals surface area (Å²) in [6.07, 6.45) is 1.95. The molecule has 0 saturated heterocycles. The molecule has 1 rings (SSSR count). The second kappa shape index (κ2) is 7.61. The zero-order chi connectivity index (χ0) is 13.5. The lowest BCUT2D eigenvalue weighted by molar-refractivity contribution is -0.120. The monoisotopic (exact) mass is 360 g/mol. The van der Waals surface area contributed by atoms with Gasteiger partial charge in [-0.2, -0.15) is 0 Å². The summed E-state index contributed by atoms with van der Waals surface area (Å²) in [5.74, 6) is 0.0549. The Balaban J connectivity index is 2.44. The van der Waals surface area contributed by atoms with Gasteiger partial charge in [-0.05, 0) is 60.1 Å². The standard InChI is InChI=1S/C14H21IN2O/c1-4-11(5-2)17-14(18)9-16-12-7-6-10(3)13(15)8-12/h6-8,11,16H,4-5,9H2,1-3H3,(H,17,18). The van der Waals surface area contributed by atoms with E-state index < -0.39 is 0 Å². The Labute approximate surface area is 123 Å². The van der Waals surface area contributed by atoms with E-state index in [-0.39, 0.29) is 11.9 Å². The lowest BCUT2D eigenvalue weighted by atomic mass is 10.2. The second-order valence-corrected chi connectivity index (χ2v) is 5.56. The number of amides is 1. The van der Waals surface area contributed by atoms with Crippen LogP contribution in [0.15, 0.2) is 18.2 Å². The summed E-state index contributed by atoms with van der Waals surface area (Å²) in [7, 11) is 0. The van der Waals surface area contributed by atoms with Gasteiger partial charge in [-0.15, -0.1) is 0 Å². The van der Waals surface area contributed by atoms with Crippen LogP contribution >= 0.6 is 22.6 Å². The number of carbonyl (C=O) groups is 1. The topological polar surface area (TPSA) is 41.1 Å². The molecule has 0 heterocycles. The van der Waals surface area contributed by atoms with Crippen LogP contribution in [0.1, 0.15) is 32.3 Å². The second-order valence-electron chi connectivity index (χ2n) is 4.40. The van der Waals surface area contributed by atoms with Crippen LogP contribution in [0.5, 0.6) is 0 Å². The Morgan fingerprint density at radius 2 is 2.00 bits per heavy atom. The molecule has 1 aromatic rings. The summed E-state index contributed by atoms with van der Waals surface area (Å²) >= 11 is 2.30. The van der Waals surface area contributed by atoms with Crippen molar-refractivity contribution in [3.63, 3.8) is 0 Å². The molecule has 0 radical (unpaired) electrons. The van der Waals surface area contributed by atoms with Crippen molar-refractivity contribution in [2.45, 2.75) is 39.7 Å². The van der Waals surface area contributed by atoms with E-state index >= 15 is 0 Å². The molecule has 2 N–H and O–H groups in total. The highest BCUT2D eigenvalue weighted by Gasteiger charge is 2.07. The number of hydrogen-bond donors (Lipinski definition) is 2. The summed E-state index contributed by atoms with van der Waals surface area (Å²) in [5, 5.41) is 6.16. The molecular formula is C14H21IN2O. The predicted octanol–water partition coefficient (Wildman–Crippen LogP) is 3.32. The minimum absolute atomic E-state index is 0.0549. The van der Waals surface area contributed by atoms with Gasteiger partial charge in [0.1, 0.15) is 0 Å². The summed E-state index contributed by atoms with van der Waals surface area (Å²) in [5.41, 5.74) is 2.24. The molecule has 0 aromatic heterocycles. The van der Waals surface area contributed by atoms with Crippen molar-refractivity contribution in [2.24, 2.45) is 0 Å². The molecule has 0 saturated carbocycles. The molecule has 3 nitrogen and oxygen atoms in total. The van der Waals surface area contributed by atoms with E-state index in [4.69, 9.17) is 0 Å². The molecule has 0 fully saturated rings. The predicted molar refractivity (Wildman–Crippen MR) is 84.9 cm³/mol. The number of halogens is 1. The van der Waals surface area contributed by atoms with Gasteiger partial charge >= 0.3 is 0 Å². The highest BCUT2D eigenvalue weighted by molar-refractivity contribution is 14.1. The maximum atomic E-state index is 11.7. The Hall–Kier alpha value is -0.780. The minimum atomic E-state index is 0.0549. The quantitative estimate of drug-likeness (QED) is 0.765. The van der Waals surface area contributed by atoms with E-state index in [0.717, 1.165) is 18.5 Å². The maximum Gasteiger partial charge on any atom is 0.239 e. The Morgan fingerprint density at radius 1 is 1.33 bits per heavy atom. The van der Waals surface area contributed by atoms with Crippen molar-refractivity contribution < 1.29 is 4.79 Å². The zero-order valence-electron chi connectivity index (χ0n) is 11.2. The van der Waals surface area contributed by atoms with Crippen LogP contribution in [0.25, 0.3) is 0 Å². The number of nitrogens with one attached hydrogen (secondary N) is 2. The van der Waals surface area contributed by atoms with Crippen molar-refractivity contribution in [1.29, 1.82) is 0 Å². The molecular weight excluding hydrogens is 339 g/mol. The fourth-order valence-corrected chi connectivity index (χ4v) is 2.17. The van der Waals surface area contributed by atoms with Crippen molar-refractivity contribution in [3.05, 3.63) is 27.3 Å². The number of carbonyl (C=O) groups excluding carboxylic acids is 1. The molecule has 0 aliphatic carbocycles. The number of rotatable bonds is 6. The van der Waals surface area contributed by atoms with Crippen LogP contribution in [0, 0.1) is 10.5 Å². The van der Waals surface area contributed by atoms with Gasteiger partial charge in [-0.1, -0.05) is 19.9 Å². The molecule has 100 valence electrons. The van der Waals surface area contributed by atoms with Gasteiger partial charge in [0.25, 0.3) is 0 Å². The smallest absolute Gasteiger partial charge is 0.239 e. The Bertz CT molecular complexity index is 403. The van der Waals surface area contributed by atoms with E-state index in [9.17, 15) is 4.79 Å². The third-order valence-corrected chi connectivity index (χ3v) is 4.14. The maximum absolute atomic E-state index is 11.7. The summed E-state index contributed by atoms with van der Waals surface area (Å²) in [6, 6.07) is 6.41. The normalized spacial score (nSPS) is 10.5. The molecule has 0 unspecified atom stereocenters. The average Bonchev–Trinajstić information content (AvgIpc) is 2.37. The highest BCUT2D eigenvalue weighted by atomic mass is 127. The fourth-order valence-electron chi connectivity index (χ4n) is 1.66. The summed E-state index contributed by atoms with van der Waals surface area (Å²) < 4.78 is 1.21. The average molecular weight is 360 g/mol. The molecule has 18 heavy (non-hydrogen) atoms. The van der Waals surface area contributed by atoms with Crippen LogP contribution in [0.3, 0.4) is 0 Å². The van der Waals surface area contributed by atoms with Crippen LogP contribution in [-0.2, 0) is 4.79 Å². The third-order valence-electron chi connectivity index (χ3n) is 2.98. The Morgan fingerprint density at radius 3 is 2.56 bits per heavy atom. The van der Waals surface area contributed by atoms with E-state index in [0.29, 0.717) is 6.54 Å². The van der Waals surface area contributed by atoms with Gasteiger partial charge in [-0.25, -0.2) is 0 Å². The number of benzene rings is 1. The summed E-state index contributed by atoms with van der Waals surface area (Å²) in [6.45, 7) is 6.58. The van der Waals surface area contributed by atoms with Gasteiger partial charge in [0.15, 0.2) is 0 Å². The Kier molecular flexibility index (Phi) is 6.46. The molecule has 4 heteroatoms. The number of anilines is 1. The van der Waals surface area contributed by atoms with Crippen molar-refractivity contribution in [2.75, 3.05) is 11.9 Å². The highest BCUT2D eigenvalue weighted by Crippen LogP contribution is 2.16. The van der Waals surface area contributed by atoms with Gasteiger partial charge in [0, 0.05) is 15.3 Å². The molecule has 0 aliphatic rings. The summed E-state index contributed by atoms with van der Waals surface area (Å²) in [4.78, 5) is 11.7. The lowest BCUT2D eigenvalue weighted by Crippen LogP contribution is -2.37. The molecule has 1 amide bonds. The van der Waals surface area contributed by atoms with Gasteiger partial charge in [0.2, 0.25) is 5.91 Å². The first-order valence-corrected chi connectivity index (χ1v) is 7.44. The van der Waals surface area contributed by atoms with E-state index in [1.807, 2.05) is 6.07 Å². The number of hydrogen-bond acceptors (Lipinski definition) is 2. The van der Waals surface area contributed by atoms with Gasteiger partial charge < -0.3 is 10.6 Å². The van der Waals surface area contributed by atoms with Crippen molar-refractivity contribution >= 4 is 34.2 Å². The molecule has 0 atom stereocenters. The SMILES string of the molecule is CCC(CC)NC(=O)CNc1ccc(C)c(I)c1. The van der Waals surface area contributed by atoms with Crippen molar-refractivity contribution in [1.82, 2.24) is 5.32 Å². The zero-order valence-corrected chi connectivity index (χ0v) is 13.4. The van der Waals surface area contributed by atoms with Crippen LogP contribution in [0.2, 0.25) is 0 Å². The van der Waals surface area contributed by atoms with Gasteiger partial charge in [-0.3, -0.25) is 4.79 Å². The van der Waals surface area contributed by atoms with E-state index in [1.54, 1.807) is 0 Å². The molecule has 0 aliphatic heterocycles. The lowest BCUT2D eigenvalue weighted by Gasteiger charge is -2.15.